The molecule has 0 heterocycles. The van der Waals surface area contributed by atoms with E-state index in [4.69, 9.17) is 11.5 Å². The van der Waals surface area contributed by atoms with E-state index in [1.165, 1.54) is 12.8 Å². The Morgan fingerprint density at radius 3 is 2.38 bits per heavy atom. The fourth-order valence-electron chi connectivity index (χ4n) is 1.61. The first-order chi connectivity index (χ1) is 6.11. The summed E-state index contributed by atoms with van der Waals surface area (Å²) >= 11 is 0. The Morgan fingerprint density at radius 1 is 1.38 bits per heavy atom. The van der Waals surface area contributed by atoms with Crippen LogP contribution >= 0.6 is 0 Å². The predicted molar refractivity (Wildman–Crippen MR) is 52.2 cm³/mol. The lowest BCUT2D eigenvalue weighted by Crippen LogP contribution is -2.29. The normalized spacial score (nSPS) is 21.8. The Hall–Kier alpha value is -1.06. The molecule has 0 saturated heterocycles. The van der Waals surface area contributed by atoms with Gasteiger partial charge in [-0.05, 0) is 19.8 Å². The smallest absolute Gasteiger partial charge is 0.242 e. The van der Waals surface area contributed by atoms with Crippen molar-refractivity contribution in [2.45, 2.75) is 38.6 Å². The molecular weight excluding hydrogens is 166 g/mol. The van der Waals surface area contributed by atoms with Gasteiger partial charge in [-0.15, -0.1) is 0 Å². The van der Waals surface area contributed by atoms with Gasteiger partial charge in [0.15, 0.2) is 0 Å². The first-order valence-electron chi connectivity index (χ1n) is 4.73. The van der Waals surface area contributed by atoms with Crippen LogP contribution in [0.25, 0.3) is 0 Å². The minimum absolute atomic E-state index is 0.377. The predicted octanol–water partition coefficient (Wildman–Crippen LogP) is 0.408. The summed E-state index contributed by atoms with van der Waals surface area (Å²) in [5.41, 5.74) is 10.8. The van der Waals surface area contributed by atoms with E-state index in [2.05, 4.69) is 4.99 Å². The molecule has 4 nitrogen and oxygen atoms in total. The number of carbonyl (C=O) groups is 1. The monoisotopic (exact) mass is 183 g/mol. The average Bonchev–Trinajstić information content (AvgIpc) is 2.55. The van der Waals surface area contributed by atoms with Crippen LogP contribution in [0.2, 0.25) is 0 Å². The Balaban J connectivity index is 2.53. The number of aliphatic imine (C=N–C) groups is 1. The molecule has 1 amide bonds. The fraction of sp³-hybridized carbons (Fsp3) is 0.778. The van der Waals surface area contributed by atoms with Crippen LogP contribution in [-0.2, 0) is 4.79 Å². The molecule has 1 fully saturated rings. The van der Waals surface area contributed by atoms with E-state index in [0.29, 0.717) is 11.8 Å². The van der Waals surface area contributed by atoms with Crippen LogP contribution in [-0.4, -0.2) is 17.8 Å². The van der Waals surface area contributed by atoms with Gasteiger partial charge in [-0.1, -0.05) is 12.8 Å². The van der Waals surface area contributed by atoms with Crippen LogP contribution in [0.15, 0.2) is 4.99 Å². The highest BCUT2D eigenvalue weighted by Crippen LogP contribution is 2.24. The van der Waals surface area contributed by atoms with E-state index < -0.39 is 11.9 Å². The Kier molecular flexibility index (Phi) is 3.28. The quantitative estimate of drug-likeness (QED) is 0.490. The van der Waals surface area contributed by atoms with Crippen LogP contribution in [0.5, 0.6) is 0 Å². The molecule has 0 spiro atoms. The molecule has 1 aliphatic carbocycles. The highest BCUT2D eigenvalue weighted by Gasteiger charge is 2.19. The van der Waals surface area contributed by atoms with Gasteiger partial charge in [0.1, 0.15) is 6.04 Å². The van der Waals surface area contributed by atoms with Crippen LogP contribution in [0.1, 0.15) is 32.6 Å². The van der Waals surface area contributed by atoms with Crippen molar-refractivity contribution in [2.24, 2.45) is 22.4 Å². The molecular formula is C9H17N3O. The Bertz CT molecular complexity index is 219. The minimum atomic E-state index is -0.486. The van der Waals surface area contributed by atoms with E-state index in [-0.39, 0.29) is 0 Å². The van der Waals surface area contributed by atoms with Crippen LogP contribution in [0.4, 0.5) is 0 Å². The van der Waals surface area contributed by atoms with Crippen molar-refractivity contribution in [3.8, 4) is 0 Å². The molecule has 0 aromatic carbocycles. The van der Waals surface area contributed by atoms with Gasteiger partial charge in [-0.3, -0.25) is 9.79 Å². The van der Waals surface area contributed by atoms with E-state index in [1.807, 2.05) is 0 Å². The first-order valence-corrected chi connectivity index (χ1v) is 4.73. The number of nitrogens with zero attached hydrogens (tertiary/aromatic N) is 1. The molecule has 0 aromatic heterocycles. The third kappa shape index (κ3) is 2.72. The van der Waals surface area contributed by atoms with Gasteiger partial charge in [0.25, 0.3) is 0 Å². The Labute approximate surface area is 78.4 Å². The highest BCUT2D eigenvalue weighted by molar-refractivity contribution is 5.87. The molecule has 0 aliphatic heterocycles. The molecule has 1 aliphatic rings. The van der Waals surface area contributed by atoms with Gasteiger partial charge in [0.2, 0.25) is 5.91 Å². The lowest BCUT2D eigenvalue weighted by molar-refractivity contribution is -0.118. The lowest BCUT2D eigenvalue weighted by Gasteiger charge is -2.09. The zero-order valence-corrected chi connectivity index (χ0v) is 7.99. The van der Waals surface area contributed by atoms with Crippen molar-refractivity contribution in [3.05, 3.63) is 0 Å². The molecule has 1 saturated carbocycles. The van der Waals surface area contributed by atoms with Gasteiger partial charge in [0.05, 0.1) is 5.84 Å². The van der Waals surface area contributed by atoms with Crippen LogP contribution in [0.3, 0.4) is 0 Å². The second-order valence-electron chi connectivity index (χ2n) is 3.61. The molecule has 0 bridgehead atoms. The number of hydrogen-bond donors (Lipinski definition) is 2. The fourth-order valence-corrected chi connectivity index (χ4v) is 1.61. The minimum Gasteiger partial charge on any atom is -0.387 e. The molecule has 0 radical (unpaired) electrons. The molecule has 1 atom stereocenters. The number of rotatable bonds is 3. The molecule has 4 heteroatoms. The standard InChI is InChI=1S/C9H17N3O/c1-6(9(11)13)12-8(10)7-4-2-3-5-7/h6-7H,2-5H2,1H3,(H2,10,12)(H2,11,13). The number of nitrogens with two attached hydrogens (primary N) is 2. The highest BCUT2D eigenvalue weighted by atomic mass is 16.1. The van der Waals surface area contributed by atoms with Gasteiger partial charge in [-0.2, -0.15) is 0 Å². The molecule has 1 unspecified atom stereocenters. The molecule has 13 heavy (non-hydrogen) atoms. The third-order valence-electron chi connectivity index (χ3n) is 2.53. The topological polar surface area (TPSA) is 81.5 Å². The maximum Gasteiger partial charge on any atom is 0.242 e. The number of amidine groups is 1. The average molecular weight is 183 g/mol. The first kappa shape index (κ1) is 10.0. The summed E-state index contributed by atoms with van der Waals surface area (Å²) in [4.78, 5) is 14.8. The van der Waals surface area contributed by atoms with Crippen molar-refractivity contribution in [1.82, 2.24) is 0 Å². The number of carbonyl (C=O) groups excluding carboxylic acids is 1. The van der Waals surface area contributed by atoms with Crippen molar-refractivity contribution >= 4 is 11.7 Å². The number of primary amides is 1. The van der Waals surface area contributed by atoms with Crippen molar-refractivity contribution in [3.63, 3.8) is 0 Å². The van der Waals surface area contributed by atoms with Gasteiger partial charge < -0.3 is 11.5 Å². The van der Waals surface area contributed by atoms with E-state index >= 15 is 0 Å². The van der Waals surface area contributed by atoms with E-state index in [9.17, 15) is 4.79 Å². The third-order valence-corrected chi connectivity index (χ3v) is 2.53. The summed E-state index contributed by atoms with van der Waals surface area (Å²) in [6.45, 7) is 1.67. The molecule has 1 rings (SSSR count). The zero-order valence-electron chi connectivity index (χ0n) is 7.99. The second kappa shape index (κ2) is 4.25. The summed E-state index contributed by atoms with van der Waals surface area (Å²) in [6, 6.07) is -0.486. The number of amides is 1. The molecule has 0 aromatic rings. The SMILES string of the molecule is CC(N=C(N)C1CCCC1)C(N)=O. The summed E-state index contributed by atoms with van der Waals surface area (Å²) in [5, 5.41) is 0. The second-order valence-corrected chi connectivity index (χ2v) is 3.61. The van der Waals surface area contributed by atoms with Crippen molar-refractivity contribution in [1.29, 1.82) is 0 Å². The van der Waals surface area contributed by atoms with E-state index in [0.717, 1.165) is 12.8 Å². The Morgan fingerprint density at radius 2 is 1.92 bits per heavy atom. The summed E-state index contributed by atoms with van der Waals surface area (Å²) < 4.78 is 0. The molecule has 4 N–H and O–H groups in total. The zero-order chi connectivity index (χ0) is 9.84. The largest absolute Gasteiger partial charge is 0.387 e. The van der Waals surface area contributed by atoms with Crippen molar-refractivity contribution in [2.75, 3.05) is 0 Å². The summed E-state index contributed by atoms with van der Waals surface area (Å²) in [6.07, 6.45) is 4.62. The van der Waals surface area contributed by atoms with Crippen LogP contribution < -0.4 is 11.5 Å². The van der Waals surface area contributed by atoms with Gasteiger partial charge in [0, 0.05) is 5.92 Å². The molecule has 74 valence electrons. The van der Waals surface area contributed by atoms with Gasteiger partial charge >= 0.3 is 0 Å². The maximum absolute atomic E-state index is 10.7. The van der Waals surface area contributed by atoms with Gasteiger partial charge in [-0.25, -0.2) is 0 Å². The van der Waals surface area contributed by atoms with Crippen molar-refractivity contribution < 1.29 is 4.79 Å². The number of hydrogen-bond acceptors (Lipinski definition) is 2. The maximum atomic E-state index is 10.7. The van der Waals surface area contributed by atoms with E-state index in [1.54, 1.807) is 6.92 Å². The van der Waals surface area contributed by atoms with Crippen LogP contribution in [0, 0.1) is 5.92 Å². The summed E-state index contributed by atoms with van der Waals surface area (Å²) in [7, 11) is 0. The lowest BCUT2D eigenvalue weighted by atomic mass is 10.1. The summed E-state index contributed by atoms with van der Waals surface area (Å²) in [5.74, 6) is 0.562.